The van der Waals surface area contributed by atoms with Crippen LogP contribution in [0.5, 0.6) is 17.2 Å². The Morgan fingerprint density at radius 3 is 2.45 bits per heavy atom. The molecule has 9 nitrogen and oxygen atoms in total. The first-order valence-corrected chi connectivity index (χ1v) is 14.5. The molecule has 9 heteroatoms. The van der Waals surface area contributed by atoms with Gasteiger partial charge in [-0.15, -0.1) is 0 Å². The maximum atomic E-state index is 14.6. The highest BCUT2D eigenvalue weighted by molar-refractivity contribution is 6.18. The molecule has 0 aromatic heterocycles. The van der Waals surface area contributed by atoms with Gasteiger partial charge < -0.3 is 29.5 Å². The number of ether oxygens (including phenoxy) is 3. The molecule has 3 aliphatic heterocycles. The second-order valence-corrected chi connectivity index (χ2v) is 13.7. The minimum absolute atomic E-state index is 0.0207. The van der Waals surface area contributed by atoms with Crippen LogP contribution in [0.3, 0.4) is 0 Å². The summed E-state index contributed by atoms with van der Waals surface area (Å²) in [5, 5.41) is 31.9. The van der Waals surface area contributed by atoms with E-state index in [4.69, 9.17) is 14.2 Å². The van der Waals surface area contributed by atoms with Crippen LogP contribution in [0, 0.1) is 11.8 Å². The number of ketones is 2. The molecule has 5 atom stereocenters. The van der Waals surface area contributed by atoms with Gasteiger partial charge in [0.2, 0.25) is 0 Å². The predicted octanol–water partition coefficient (Wildman–Crippen LogP) is 4.40. The number of benzene rings is 1. The lowest BCUT2D eigenvalue weighted by Gasteiger charge is -2.56. The Morgan fingerprint density at radius 1 is 1.14 bits per heavy atom. The van der Waals surface area contributed by atoms with Gasteiger partial charge in [-0.2, -0.15) is 0 Å². The number of carboxylic acid groups (broad SMARTS) is 1. The number of aromatic hydroxyl groups is 1. The summed E-state index contributed by atoms with van der Waals surface area (Å²) in [6.07, 6.45) is 5.31. The smallest absolute Gasteiger partial charge is 0.330 e. The van der Waals surface area contributed by atoms with E-state index in [0.29, 0.717) is 29.7 Å². The Bertz CT molecular complexity index is 1550. The highest BCUT2D eigenvalue weighted by atomic mass is 16.6. The van der Waals surface area contributed by atoms with Crippen LogP contribution in [0.25, 0.3) is 0 Å². The number of aliphatic hydroxyl groups is 1. The van der Waals surface area contributed by atoms with Gasteiger partial charge in [0.15, 0.2) is 22.8 Å². The molecule has 3 N–H and O–H groups in total. The second-order valence-electron chi connectivity index (χ2n) is 13.7. The molecule has 0 radical (unpaired) electrons. The summed E-state index contributed by atoms with van der Waals surface area (Å²) in [5.41, 5.74) is -2.92. The Labute approximate surface area is 244 Å². The number of hydrogen-bond acceptors (Lipinski definition) is 8. The molecule has 3 heterocycles. The van der Waals surface area contributed by atoms with Gasteiger partial charge in [-0.1, -0.05) is 23.8 Å². The first-order valence-electron chi connectivity index (χ1n) is 14.5. The number of carbonyl (C=O) groups excluding carboxylic acids is 2. The zero-order valence-corrected chi connectivity index (χ0v) is 25.1. The first kappa shape index (κ1) is 28.7. The lowest BCUT2D eigenvalue weighted by Crippen LogP contribution is -2.72. The largest absolute Gasteiger partial charge is 0.507 e. The first-order chi connectivity index (χ1) is 19.5. The molecule has 1 unspecified atom stereocenters. The zero-order chi connectivity index (χ0) is 30.7. The highest BCUT2D eigenvalue weighted by Gasteiger charge is 2.81. The van der Waals surface area contributed by atoms with Crippen LogP contribution in [0.1, 0.15) is 82.8 Å². The fourth-order valence-electron chi connectivity index (χ4n) is 7.72. The predicted molar refractivity (Wildman–Crippen MR) is 152 cm³/mol. The van der Waals surface area contributed by atoms with Gasteiger partial charge in [0.25, 0.3) is 0 Å². The Morgan fingerprint density at radius 2 is 1.83 bits per heavy atom. The van der Waals surface area contributed by atoms with Crippen molar-refractivity contribution in [3.63, 3.8) is 0 Å². The molecule has 3 aliphatic carbocycles. The fraction of sp³-hybridized carbons (Fsp3) is 0.545. The third kappa shape index (κ3) is 3.59. The molecule has 1 saturated heterocycles. The average molecular weight is 579 g/mol. The lowest BCUT2D eigenvalue weighted by molar-refractivity contribution is -0.171. The van der Waals surface area contributed by atoms with E-state index in [1.807, 2.05) is 33.8 Å². The summed E-state index contributed by atoms with van der Waals surface area (Å²) in [5.74, 6) is -2.54. The summed E-state index contributed by atoms with van der Waals surface area (Å²) in [4.78, 5) is 40.4. The molecular weight excluding hydrogens is 540 g/mol. The molecule has 2 fully saturated rings. The molecule has 224 valence electrons. The summed E-state index contributed by atoms with van der Waals surface area (Å²) < 4.78 is 19.9. The summed E-state index contributed by atoms with van der Waals surface area (Å²) in [6, 6.07) is 0. The van der Waals surface area contributed by atoms with Crippen LogP contribution in [0.2, 0.25) is 0 Å². The van der Waals surface area contributed by atoms with Crippen LogP contribution >= 0.6 is 0 Å². The van der Waals surface area contributed by atoms with Crippen molar-refractivity contribution in [1.82, 2.24) is 0 Å². The minimum Gasteiger partial charge on any atom is -0.507 e. The highest BCUT2D eigenvalue weighted by Crippen LogP contribution is 2.68. The molecule has 0 amide bonds. The van der Waals surface area contributed by atoms with E-state index in [1.54, 1.807) is 19.9 Å². The minimum atomic E-state index is -1.64. The van der Waals surface area contributed by atoms with Gasteiger partial charge in [0.05, 0.1) is 11.2 Å². The Balaban J connectivity index is 1.62. The van der Waals surface area contributed by atoms with Gasteiger partial charge in [-0.3, -0.25) is 9.59 Å². The number of aliphatic carboxylic acids is 1. The maximum absolute atomic E-state index is 14.6. The number of phenolic OH excluding ortho intramolecular Hbond substituents is 1. The molecule has 1 aromatic rings. The van der Waals surface area contributed by atoms with E-state index in [9.17, 15) is 29.7 Å². The molecule has 7 rings (SSSR count). The van der Waals surface area contributed by atoms with Crippen LogP contribution < -0.4 is 9.47 Å². The number of carboxylic acids is 1. The van der Waals surface area contributed by atoms with Gasteiger partial charge in [0.1, 0.15) is 28.9 Å². The van der Waals surface area contributed by atoms with Crippen molar-refractivity contribution in [3.8, 4) is 17.2 Å². The van der Waals surface area contributed by atoms with Crippen molar-refractivity contribution in [3.05, 3.63) is 51.6 Å². The Kier molecular flexibility index (Phi) is 6.01. The fourth-order valence-corrected chi connectivity index (χ4v) is 7.72. The van der Waals surface area contributed by atoms with E-state index in [0.717, 1.165) is 5.57 Å². The quantitative estimate of drug-likeness (QED) is 0.331. The summed E-state index contributed by atoms with van der Waals surface area (Å²) >= 11 is 0. The van der Waals surface area contributed by atoms with Crippen LogP contribution in [-0.2, 0) is 27.2 Å². The summed E-state index contributed by atoms with van der Waals surface area (Å²) in [6.45, 7) is 12.4. The zero-order valence-electron chi connectivity index (χ0n) is 25.1. The third-order valence-corrected chi connectivity index (χ3v) is 9.85. The number of phenols is 1. The van der Waals surface area contributed by atoms with Crippen molar-refractivity contribution in [2.75, 3.05) is 0 Å². The number of fused-ring (bicyclic) bond motifs is 2. The van der Waals surface area contributed by atoms with Crippen molar-refractivity contribution >= 4 is 17.5 Å². The van der Waals surface area contributed by atoms with Crippen LogP contribution in [0.4, 0.5) is 0 Å². The standard InChI is InChI=1S/C33H38O9/c1-15(2)8-9-18-26-19(14-22(40-26)30(4,5)39)24(34)23-25(35)20-12-17-13-21-31(6,7)42-32(28(17)36,11-10-16(3)29(37)38)33(20,21)41-27(18)23/h8,10,12,17,21-22,34,39H,9,11,13-14H2,1-7H3,(H,37,38)/b16-10-/t17-,21+,22?,32+,33-/m1/s1. The normalized spacial score (nSPS) is 32.0. The summed E-state index contributed by atoms with van der Waals surface area (Å²) in [7, 11) is 0. The number of hydrogen-bond donors (Lipinski definition) is 3. The number of Topliss-reactive ketones (excluding diaryl/α,β-unsaturated/α-hetero) is 2. The van der Waals surface area contributed by atoms with Gasteiger partial charge in [-0.05, 0) is 61.3 Å². The molecule has 1 aromatic carbocycles. The monoisotopic (exact) mass is 578 g/mol. The van der Waals surface area contributed by atoms with Gasteiger partial charge >= 0.3 is 5.97 Å². The molecule has 4 bridgehead atoms. The van der Waals surface area contributed by atoms with E-state index >= 15 is 0 Å². The van der Waals surface area contributed by atoms with Gasteiger partial charge in [-0.25, -0.2) is 4.79 Å². The Hall–Kier alpha value is -3.43. The third-order valence-electron chi connectivity index (χ3n) is 9.85. The van der Waals surface area contributed by atoms with Gasteiger partial charge in [0, 0.05) is 47.0 Å². The number of carbonyl (C=O) groups is 3. The number of allylic oxidation sites excluding steroid dienone is 3. The lowest BCUT2D eigenvalue weighted by atomic mass is 9.51. The SMILES string of the molecule is CC(C)=CCc1c2c(c(O)c3c1O[C@]14C(=C[C@@H]5C[C@H]1C(C)(C)O[C@@]4(C/C=C(/C)C(=O)O)C5=O)C3=O)CC(C(C)(C)O)O2. The van der Waals surface area contributed by atoms with Crippen molar-refractivity contribution in [2.24, 2.45) is 11.8 Å². The van der Waals surface area contributed by atoms with Crippen molar-refractivity contribution in [1.29, 1.82) is 0 Å². The molecule has 42 heavy (non-hydrogen) atoms. The second kappa shape index (κ2) is 8.80. The van der Waals surface area contributed by atoms with E-state index in [1.165, 1.54) is 13.0 Å². The number of rotatable bonds is 6. The van der Waals surface area contributed by atoms with Crippen LogP contribution in [0.15, 0.2) is 34.9 Å². The molecule has 6 aliphatic rings. The van der Waals surface area contributed by atoms with E-state index < -0.39 is 52.1 Å². The van der Waals surface area contributed by atoms with Crippen molar-refractivity contribution < 1.29 is 43.9 Å². The molecule has 1 spiro atoms. The van der Waals surface area contributed by atoms with E-state index in [-0.39, 0.29) is 46.8 Å². The van der Waals surface area contributed by atoms with E-state index in [2.05, 4.69) is 0 Å². The van der Waals surface area contributed by atoms with Crippen molar-refractivity contribution in [2.45, 2.75) is 103 Å². The molecular formula is C33H38O9. The average Bonchev–Trinajstić information content (AvgIpc) is 3.40. The van der Waals surface area contributed by atoms with Crippen LogP contribution in [-0.4, -0.2) is 61.4 Å². The molecule has 1 saturated carbocycles. The topological polar surface area (TPSA) is 140 Å². The maximum Gasteiger partial charge on any atom is 0.330 e.